The van der Waals surface area contributed by atoms with E-state index in [0.717, 1.165) is 12.8 Å². The number of hydrogen-bond donors (Lipinski definition) is 0. The lowest BCUT2D eigenvalue weighted by molar-refractivity contribution is -0.120. The zero-order chi connectivity index (χ0) is 13.3. The number of halogens is 4. The lowest BCUT2D eigenvalue weighted by atomic mass is 10.2. The van der Waals surface area contributed by atoms with Crippen molar-refractivity contribution in [2.45, 2.75) is 38.4 Å². The van der Waals surface area contributed by atoms with Gasteiger partial charge in [0.05, 0.1) is 0 Å². The van der Waals surface area contributed by atoms with Crippen LogP contribution in [0.5, 0.6) is 0 Å². The van der Waals surface area contributed by atoms with Crippen LogP contribution in [0.4, 0.5) is 19.0 Å². The molecule has 18 heavy (non-hydrogen) atoms. The Labute approximate surface area is 108 Å². The summed E-state index contributed by atoms with van der Waals surface area (Å²) in [5.74, 6) is 0.317. The maximum atomic E-state index is 12.6. The van der Waals surface area contributed by atoms with Crippen molar-refractivity contribution in [3.05, 3.63) is 17.0 Å². The van der Waals surface area contributed by atoms with E-state index >= 15 is 0 Å². The molecule has 0 aromatic carbocycles. The second-order valence-corrected chi connectivity index (χ2v) is 4.65. The highest BCUT2D eigenvalue weighted by atomic mass is 35.5. The molecule has 100 valence electrons. The van der Waals surface area contributed by atoms with E-state index in [9.17, 15) is 13.2 Å². The summed E-state index contributed by atoms with van der Waals surface area (Å²) >= 11 is 5.91. The zero-order valence-corrected chi connectivity index (χ0v) is 10.6. The first-order valence-corrected chi connectivity index (χ1v) is 6.13. The SMILES string of the molecule is CCc1c(Cl)ncnc1N(CC(F)(F)F)C1CC1. The van der Waals surface area contributed by atoms with Gasteiger partial charge in [-0.1, -0.05) is 18.5 Å². The maximum Gasteiger partial charge on any atom is 0.405 e. The highest BCUT2D eigenvalue weighted by molar-refractivity contribution is 6.30. The molecule has 1 aliphatic carbocycles. The Kier molecular flexibility index (Phi) is 3.66. The van der Waals surface area contributed by atoms with Crippen molar-refractivity contribution >= 4 is 17.4 Å². The van der Waals surface area contributed by atoms with Gasteiger partial charge in [-0.15, -0.1) is 0 Å². The van der Waals surface area contributed by atoms with Gasteiger partial charge in [-0.3, -0.25) is 0 Å². The van der Waals surface area contributed by atoms with Crippen LogP contribution in [0.3, 0.4) is 0 Å². The third kappa shape index (κ3) is 3.04. The first kappa shape index (κ1) is 13.4. The number of aromatic nitrogens is 2. The molecular formula is C11H13ClF3N3. The molecule has 0 radical (unpaired) electrons. The Morgan fingerprint density at radius 2 is 2.06 bits per heavy atom. The highest BCUT2D eigenvalue weighted by Gasteiger charge is 2.39. The van der Waals surface area contributed by atoms with E-state index in [-0.39, 0.29) is 11.2 Å². The summed E-state index contributed by atoms with van der Waals surface area (Å²) in [4.78, 5) is 9.10. The maximum absolute atomic E-state index is 12.6. The van der Waals surface area contributed by atoms with Gasteiger partial charge in [0, 0.05) is 11.6 Å². The van der Waals surface area contributed by atoms with Gasteiger partial charge in [0.25, 0.3) is 0 Å². The molecule has 0 bridgehead atoms. The van der Waals surface area contributed by atoms with Crippen LogP contribution >= 0.6 is 11.6 Å². The number of anilines is 1. The third-order valence-electron chi connectivity index (χ3n) is 2.83. The normalized spacial score (nSPS) is 15.8. The summed E-state index contributed by atoms with van der Waals surface area (Å²) in [6.45, 7) is 0.838. The van der Waals surface area contributed by atoms with Crippen LogP contribution in [-0.4, -0.2) is 28.7 Å². The Hall–Kier alpha value is -1.04. The molecule has 7 heteroatoms. The summed E-state index contributed by atoms with van der Waals surface area (Å²) in [6, 6.07) is -0.0807. The smallest absolute Gasteiger partial charge is 0.344 e. The minimum Gasteiger partial charge on any atom is -0.344 e. The average Bonchev–Trinajstić information content (AvgIpc) is 3.08. The van der Waals surface area contributed by atoms with Gasteiger partial charge in [-0.25, -0.2) is 9.97 Å². The summed E-state index contributed by atoms with van der Waals surface area (Å²) < 4.78 is 37.8. The Bertz CT molecular complexity index is 432. The van der Waals surface area contributed by atoms with Crippen molar-refractivity contribution in [3.63, 3.8) is 0 Å². The van der Waals surface area contributed by atoms with Gasteiger partial charge < -0.3 is 4.90 Å². The topological polar surface area (TPSA) is 29.0 Å². The molecule has 0 amide bonds. The Morgan fingerprint density at radius 1 is 1.39 bits per heavy atom. The van der Waals surface area contributed by atoms with Crippen molar-refractivity contribution in [3.8, 4) is 0 Å². The minimum atomic E-state index is -4.25. The predicted molar refractivity (Wildman–Crippen MR) is 62.8 cm³/mol. The fourth-order valence-corrected chi connectivity index (χ4v) is 2.15. The monoisotopic (exact) mass is 279 g/mol. The summed E-state index contributed by atoms with van der Waals surface area (Å²) in [5.41, 5.74) is 0.579. The van der Waals surface area contributed by atoms with Gasteiger partial charge in [-0.05, 0) is 19.3 Å². The molecule has 3 nitrogen and oxygen atoms in total. The van der Waals surface area contributed by atoms with Crippen LogP contribution in [-0.2, 0) is 6.42 Å². The Balaban J connectivity index is 2.33. The van der Waals surface area contributed by atoms with Crippen molar-refractivity contribution in [2.75, 3.05) is 11.4 Å². The molecular weight excluding hydrogens is 267 g/mol. The van der Waals surface area contributed by atoms with Crippen LogP contribution in [0.15, 0.2) is 6.33 Å². The zero-order valence-electron chi connectivity index (χ0n) is 9.84. The van der Waals surface area contributed by atoms with Crippen LogP contribution < -0.4 is 4.90 Å². The van der Waals surface area contributed by atoms with Gasteiger partial charge in [-0.2, -0.15) is 13.2 Å². The average molecular weight is 280 g/mol. The van der Waals surface area contributed by atoms with E-state index < -0.39 is 12.7 Å². The van der Waals surface area contributed by atoms with Crippen molar-refractivity contribution in [1.29, 1.82) is 0 Å². The molecule has 0 aliphatic heterocycles. The van der Waals surface area contributed by atoms with Gasteiger partial charge in [0.2, 0.25) is 0 Å². The highest BCUT2D eigenvalue weighted by Crippen LogP contribution is 2.36. The number of rotatable bonds is 4. The first-order valence-electron chi connectivity index (χ1n) is 5.75. The molecule has 0 atom stereocenters. The van der Waals surface area contributed by atoms with Crippen molar-refractivity contribution in [1.82, 2.24) is 9.97 Å². The third-order valence-corrected chi connectivity index (χ3v) is 3.16. The van der Waals surface area contributed by atoms with E-state index in [1.165, 1.54) is 11.2 Å². The van der Waals surface area contributed by atoms with E-state index in [4.69, 9.17) is 11.6 Å². The van der Waals surface area contributed by atoms with Gasteiger partial charge >= 0.3 is 6.18 Å². The first-order chi connectivity index (χ1) is 8.42. The Morgan fingerprint density at radius 3 is 2.56 bits per heavy atom. The molecule has 0 saturated heterocycles. The van der Waals surface area contributed by atoms with Gasteiger partial charge in [0.15, 0.2) is 0 Å². The molecule has 0 spiro atoms. The second kappa shape index (κ2) is 4.91. The lowest BCUT2D eigenvalue weighted by Gasteiger charge is -2.26. The van der Waals surface area contributed by atoms with Crippen molar-refractivity contribution in [2.24, 2.45) is 0 Å². The molecule has 0 N–H and O–H groups in total. The predicted octanol–water partition coefficient (Wildman–Crippen LogP) is 3.22. The van der Waals surface area contributed by atoms with Crippen molar-refractivity contribution < 1.29 is 13.2 Å². The van der Waals surface area contributed by atoms with Crippen LogP contribution in [0, 0.1) is 0 Å². The summed E-state index contributed by atoms with van der Waals surface area (Å²) in [6.07, 6.45) is -0.995. The van der Waals surface area contributed by atoms with E-state index in [0.29, 0.717) is 17.8 Å². The number of nitrogens with zero attached hydrogens (tertiary/aromatic N) is 3. The van der Waals surface area contributed by atoms with E-state index in [1.54, 1.807) is 0 Å². The fourth-order valence-electron chi connectivity index (χ4n) is 1.89. The summed E-state index contributed by atoms with van der Waals surface area (Å²) in [7, 11) is 0. The molecule has 2 rings (SSSR count). The molecule has 1 fully saturated rings. The molecule has 1 aromatic heterocycles. The van der Waals surface area contributed by atoms with Gasteiger partial charge in [0.1, 0.15) is 23.8 Å². The van der Waals surface area contributed by atoms with Crippen LogP contribution in [0.25, 0.3) is 0 Å². The molecule has 1 aromatic rings. The molecule has 1 aliphatic rings. The number of alkyl halides is 3. The largest absolute Gasteiger partial charge is 0.405 e. The van der Waals surface area contributed by atoms with E-state index in [2.05, 4.69) is 9.97 Å². The lowest BCUT2D eigenvalue weighted by Crippen LogP contribution is -2.37. The summed E-state index contributed by atoms with van der Waals surface area (Å²) in [5, 5.41) is 0.232. The molecule has 0 unspecified atom stereocenters. The van der Waals surface area contributed by atoms with Crippen LogP contribution in [0.1, 0.15) is 25.3 Å². The number of hydrogen-bond acceptors (Lipinski definition) is 3. The second-order valence-electron chi connectivity index (χ2n) is 4.29. The minimum absolute atomic E-state index is 0.0807. The fraction of sp³-hybridized carbons (Fsp3) is 0.636. The van der Waals surface area contributed by atoms with E-state index in [1.807, 2.05) is 6.92 Å². The standard InChI is InChI=1S/C11H13ClF3N3/c1-2-8-9(12)16-6-17-10(8)18(7-3-4-7)5-11(13,14)15/h6-7H,2-5H2,1H3. The molecule has 1 saturated carbocycles. The molecule has 1 heterocycles. The quantitative estimate of drug-likeness (QED) is 0.793. The van der Waals surface area contributed by atoms with Crippen LogP contribution in [0.2, 0.25) is 5.15 Å².